The molecule has 1 aliphatic rings. The number of rotatable bonds is 2. The molecule has 0 saturated carbocycles. The van der Waals surface area contributed by atoms with E-state index in [2.05, 4.69) is 27.7 Å². The molecule has 0 fully saturated rings. The monoisotopic (exact) mass is 369 g/mol. The van der Waals surface area contributed by atoms with Crippen molar-refractivity contribution in [2.75, 3.05) is 11.5 Å². The first-order valence-electron chi connectivity index (χ1n) is 5.84. The van der Waals surface area contributed by atoms with Crippen molar-refractivity contribution in [1.29, 1.82) is 0 Å². The summed E-state index contributed by atoms with van der Waals surface area (Å²) in [7, 11) is 1.86. The van der Waals surface area contributed by atoms with E-state index in [-0.39, 0.29) is 12.5 Å². The standard InChI is InChI=1S/C13H12IN3O2/c1-16-6-9(5-15-16)7-17-11-4-10(14)2-3-12(11)19-8-13(17)18/h2-6H,7-8H2,1H3. The van der Waals surface area contributed by atoms with Crippen LogP contribution >= 0.6 is 22.6 Å². The Bertz CT molecular complexity index is 639. The molecular weight excluding hydrogens is 357 g/mol. The van der Waals surface area contributed by atoms with Gasteiger partial charge in [-0.1, -0.05) is 0 Å². The average Bonchev–Trinajstić information content (AvgIpc) is 2.79. The SMILES string of the molecule is Cn1cc(CN2C(=O)COc3ccc(I)cc32)cn1. The first kappa shape index (κ1) is 12.5. The summed E-state index contributed by atoms with van der Waals surface area (Å²) in [6.45, 7) is 0.608. The van der Waals surface area contributed by atoms with E-state index in [1.807, 2.05) is 31.4 Å². The molecule has 3 rings (SSSR count). The van der Waals surface area contributed by atoms with Crippen molar-refractivity contribution in [3.05, 3.63) is 39.7 Å². The fourth-order valence-electron chi connectivity index (χ4n) is 2.08. The lowest BCUT2D eigenvalue weighted by molar-refractivity contribution is -0.121. The number of anilines is 1. The molecule has 1 amide bonds. The van der Waals surface area contributed by atoms with E-state index in [4.69, 9.17) is 4.74 Å². The van der Waals surface area contributed by atoms with Crippen LogP contribution in [0.15, 0.2) is 30.6 Å². The third kappa shape index (κ3) is 2.44. The van der Waals surface area contributed by atoms with Gasteiger partial charge in [-0.3, -0.25) is 9.48 Å². The molecule has 6 heteroatoms. The molecule has 0 radical (unpaired) electrons. The van der Waals surface area contributed by atoms with Gasteiger partial charge in [-0.25, -0.2) is 0 Å². The molecule has 0 spiro atoms. The summed E-state index contributed by atoms with van der Waals surface area (Å²) in [6, 6.07) is 5.83. The Balaban J connectivity index is 1.96. The maximum atomic E-state index is 12.1. The van der Waals surface area contributed by atoms with Crippen molar-refractivity contribution < 1.29 is 9.53 Å². The maximum Gasteiger partial charge on any atom is 0.265 e. The Kier molecular flexibility index (Phi) is 3.17. The zero-order valence-corrected chi connectivity index (χ0v) is 12.5. The number of halogens is 1. The van der Waals surface area contributed by atoms with Gasteiger partial charge in [0, 0.05) is 22.4 Å². The summed E-state index contributed by atoms with van der Waals surface area (Å²) in [4.78, 5) is 13.8. The number of carbonyl (C=O) groups excluding carboxylic acids is 1. The highest BCUT2D eigenvalue weighted by Gasteiger charge is 2.26. The number of hydrogen-bond donors (Lipinski definition) is 0. The lowest BCUT2D eigenvalue weighted by Crippen LogP contribution is -2.38. The second kappa shape index (κ2) is 4.84. The summed E-state index contributed by atoms with van der Waals surface area (Å²) >= 11 is 2.23. The average molecular weight is 369 g/mol. The molecule has 1 aromatic carbocycles. The number of amides is 1. The molecular formula is C13H12IN3O2. The molecule has 0 aliphatic carbocycles. The molecule has 2 heterocycles. The number of nitrogens with zero attached hydrogens (tertiary/aromatic N) is 3. The van der Waals surface area contributed by atoms with Crippen molar-refractivity contribution >= 4 is 34.2 Å². The Hall–Kier alpha value is -1.57. The van der Waals surface area contributed by atoms with Crippen LogP contribution < -0.4 is 9.64 Å². The van der Waals surface area contributed by atoms with Crippen LogP contribution in [0.1, 0.15) is 5.56 Å². The number of ether oxygens (including phenoxy) is 1. The van der Waals surface area contributed by atoms with Gasteiger partial charge in [0.1, 0.15) is 5.75 Å². The van der Waals surface area contributed by atoms with Gasteiger partial charge in [0.05, 0.1) is 18.4 Å². The first-order chi connectivity index (χ1) is 9.13. The third-order valence-electron chi connectivity index (χ3n) is 2.96. The quantitative estimate of drug-likeness (QED) is 0.761. The summed E-state index contributed by atoms with van der Waals surface area (Å²) in [5, 5.41) is 4.13. The van der Waals surface area contributed by atoms with Crippen molar-refractivity contribution in [2.24, 2.45) is 7.05 Å². The van der Waals surface area contributed by atoms with Gasteiger partial charge in [-0.05, 0) is 40.8 Å². The van der Waals surface area contributed by atoms with Gasteiger partial charge in [0.15, 0.2) is 6.61 Å². The van der Waals surface area contributed by atoms with Crippen LogP contribution in [0.5, 0.6) is 5.75 Å². The summed E-state index contributed by atoms with van der Waals surface area (Å²) in [5.74, 6) is 0.724. The molecule has 2 aromatic rings. The number of fused-ring (bicyclic) bond motifs is 1. The number of aromatic nitrogens is 2. The molecule has 5 nitrogen and oxygen atoms in total. The molecule has 0 saturated heterocycles. The number of carbonyl (C=O) groups is 1. The topological polar surface area (TPSA) is 47.4 Å². The van der Waals surface area contributed by atoms with Gasteiger partial charge in [-0.2, -0.15) is 5.10 Å². The Morgan fingerprint density at radius 2 is 2.32 bits per heavy atom. The van der Waals surface area contributed by atoms with Crippen LogP contribution in [0.2, 0.25) is 0 Å². The maximum absolute atomic E-state index is 12.1. The zero-order valence-electron chi connectivity index (χ0n) is 10.3. The van der Waals surface area contributed by atoms with Crippen molar-refractivity contribution in [3.63, 3.8) is 0 Å². The highest BCUT2D eigenvalue weighted by atomic mass is 127. The summed E-state index contributed by atoms with van der Waals surface area (Å²) in [6.07, 6.45) is 3.69. The van der Waals surface area contributed by atoms with E-state index >= 15 is 0 Å². The fraction of sp³-hybridized carbons (Fsp3) is 0.231. The number of benzene rings is 1. The Morgan fingerprint density at radius 1 is 1.47 bits per heavy atom. The predicted molar refractivity (Wildman–Crippen MR) is 79.1 cm³/mol. The van der Waals surface area contributed by atoms with E-state index in [9.17, 15) is 4.79 Å². The predicted octanol–water partition coefficient (Wildman–Crippen LogP) is 1.95. The van der Waals surface area contributed by atoms with Gasteiger partial charge < -0.3 is 9.64 Å². The molecule has 0 unspecified atom stereocenters. The van der Waals surface area contributed by atoms with Crippen molar-refractivity contribution in [1.82, 2.24) is 9.78 Å². The lowest BCUT2D eigenvalue weighted by Gasteiger charge is -2.29. The largest absolute Gasteiger partial charge is 0.482 e. The van der Waals surface area contributed by atoms with Gasteiger partial charge in [0.25, 0.3) is 5.91 Å². The van der Waals surface area contributed by atoms with Gasteiger partial charge >= 0.3 is 0 Å². The van der Waals surface area contributed by atoms with Crippen LogP contribution in [-0.2, 0) is 18.4 Å². The number of aryl methyl sites for hydroxylation is 1. The summed E-state index contributed by atoms with van der Waals surface area (Å²) in [5.41, 5.74) is 1.83. The lowest BCUT2D eigenvalue weighted by atomic mass is 10.2. The molecule has 0 N–H and O–H groups in total. The highest BCUT2D eigenvalue weighted by Crippen LogP contribution is 2.34. The minimum absolute atomic E-state index is 0.0293. The first-order valence-corrected chi connectivity index (χ1v) is 6.91. The van der Waals surface area contributed by atoms with Crippen LogP contribution in [0.25, 0.3) is 0 Å². The van der Waals surface area contributed by atoms with E-state index in [0.717, 1.165) is 20.6 Å². The minimum Gasteiger partial charge on any atom is -0.482 e. The third-order valence-corrected chi connectivity index (χ3v) is 3.63. The molecule has 1 aromatic heterocycles. The Morgan fingerprint density at radius 3 is 3.05 bits per heavy atom. The summed E-state index contributed by atoms with van der Waals surface area (Å²) < 4.78 is 8.26. The van der Waals surface area contributed by atoms with Gasteiger partial charge in [0.2, 0.25) is 0 Å². The van der Waals surface area contributed by atoms with E-state index < -0.39 is 0 Å². The normalized spacial score (nSPS) is 14.2. The van der Waals surface area contributed by atoms with Gasteiger partial charge in [-0.15, -0.1) is 0 Å². The highest BCUT2D eigenvalue weighted by molar-refractivity contribution is 14.1. The van der Waals surface area contributed by atoms with Crippen molar-refractivity contribution in [2.45, 2.75) is 6.54 Å². The van der Waals surface area contributed by atoms with Crippen LogP contribution in [0.3, 0.4) is 0 Å². The molecule has 98 valence electrons. The van der Waals surface area contributed by atoms with E-state index in [1.165, 1.54) is 0 Å². The Labute approximate surface area is 124 Å². The van der Waals surface area contributed by atoms with Crippen LogP contribution in [0.4, 0.5) is 5.69 Å². The van der Waals surface area contributed by atoms with Crippen LogP contribution in [-0.4, -0.2) is 22.3 Å². The minimum atomic E-state index is -0.0293. The second-order valence-electron chi connectivity index (χ2n) is 4.40. The molecule has 1 aliphatic heterocycles. The zero-order chi connectivity index (χ0) is 13.4. The molecule has 19 heavy (non-hydrogen) atoms. The number of hydrogen-bond acceptors (Lipinski definition) is 3. The van der Waals surface area contributed by atoms with Crippen LogP contribution in [0, 0.1) is 3.57 Å². The molecule has 0 atom stereocenters. The van der Waals surface area contributed by atoms with E-state index in [0.29, 0.717) is 6.54 Å². The fourth-order valence-corrected chi connectivity index (χ4v) is 2.56. The molecule has 0 bridgehead atoms. The van der Waals surface area contributed by atoms with Crippen molar-refractivity contribution in [3.8, 4) is 5.75 Å². The van der Waals surface area contributed by atoms with E-state index in [1.54, 1.807) is 15.8 Å². The smallest absolute Gasteiger partial charge is 0.265 e. The second-order valence-corrected chi connectivity index (χ2v) is 5.65.